The predicted octanol–water partition coefficient (Wildman–Crippen LogP) is 6.08. The van der Waals surface area contributed by atoms with Crippen LogP contribution >= 0.6 is 0 Å². The summed E-state index contributed by atoms with van der Waals surface area (Å²) in [5, 5.41) is 16.2. The van der Waals surface area contributed by atoms with Gasteiger partial charge in [-0.2, -0.15) is 0 Å². The number of nitro groups is 1. The summed E-state index contributed by atoms with van der Waals surface area (Å²) in [5.41, 5.74) is 2.22. The lowest BCUT2D eigenvalue weighted by Crippen LogP contribution is -2.05. The van der Waals surface area contributed by atoms with Crippen LogP contribution < -0.4 is 10.1 Å². The second-order valence-corrected chi connectivity index (χ2v) is 6.80. The highest BCUT2D eigenvalue weighted by Gasteiger charge is 2.11. The van der Waals surface area contributed by atoms with Crippen molar-refractivity contribution in [3.8, 4) is 5.75 Å². The SMILES string of the molecule is O=[N+]([O-])c1ccc(NCc2c(OCc3ccccc3F)ccc3ccccc23)cc1. The van der Waals surface area contributed by atoms with Gasteiger partial charge in [-0.15, -0.1) is 0 Å². The number of hydrogen-bond acceptors (Lipinski definition) is 4. The van der Waals surface area contributed by atoms with Crippen LogP contribution in [0.2, 0.25) is 0 Å². The molecule has 0 spiro atoms. The van der Waals surface area contributed by atoms with Gasteiger partial charge in [0.1, 0.15) is 18.2 Å². The molecule has 0 aliphatic rings. The highest BCUT2D eigenvalue weighted by molar-refractivity contribution is 5.88. The lowest BCUT2D eigenvalue weighted by Gasteiger charge is -2.16. The smallest absolute Gasteiger partial charge is 0.269 e. The second kappa shape index (κ2) is 8.61. The third-order valence-corrected chi connectivity index (χ3v) is 4.89. The summed E-state index contributed by atoms with van der Waals surface area (Å²) >= 11 is 0. The number of rotatable bonds is 7. The summed E-state index contributed by atoms with van der Waals surface area (Å²) < 4.78 is 19.9. The molecule has 0 radical (unpaired) electrons. The molecule has 6 heteroatoms. The number of anilines is 1. The molecule has 5 nitrogen and oxygen atoms in total. The average Bonchev–Trinajstić information content (AvgIpc) is 2.77. The average molecular weight is 402 g/mol. The molecule has 150 valence electrons. The fraction of sp³-hybridized carbons (Fsp3) is 0.0833. The third-order valence-electron chi connectivity index (χ3n) is 4.89. The van der Waals surface area contributed by atoms with Crippen LogP contribution in [0.15, 0.2) is 84.9 Å². The molecule has 0 fully saturated rings. The van der Waals surface area contributed by atoms with Gasteiger partial charge in [0.05, 0.1) is 4.92 Å². The van der Waals surface area contributed by atoms with Crippen molar-refractivity contribution in [2.75, 3.05) is 5.32 Å². The van der Waals surface area contributed by atoms with Crippen molar-refractivity contribution in [1.82, 2.24) is 0 Å². The van der Waals surface area contributed by atoms with Gasteiger partial charge in [0, 0.05) is 35.5 Å². The van der Waals surface area contributed by atoms with Crippen molar-refractivity contribution in [3.63, 3.8) is 0 Å². The molecule has 0 saturated heterocycles. The maximum atomic E-state index is 14.0. The molecule has 0 aliphatic carbocycles. The molecule has 0 bridgehead atoms. The van der Waals surface area contributed by atoms with Crippen LogP contribution in [0.4, 0.5) is 15.8 Å². The maximum absolute atomic E-state index is 14.0. The minimum absolute atomic E-state index is 0.0413. The topological polar surface area (TPSA) is 64.4 Å². The van der Waals surface area contributed by atoms with Gasteiger partial charge < -0.3 is 10.1 Å². The van der Waals surface area contributed by atoms with E-state index in [1.54, 1.807) is 30.3 Å². The highest BCUT2D eigenvalue weighted by Crippen LogP contribution is 2.30. The van der Waals surface area contributed by atoms with Crippen LogP contribution in [0.1, 0.15) is 11.1 Å². The highest BCUT2D eigenvalue weighted by atomic mass is 19.1. The quantitative estimate of drug-likeness (QED) is 0.301. The van der Waals surface area contributed by atoms with E-state index in [4.69, 9.17) is 4.74 Å². The Bertz CT molecular complexity index is 1190. The minimum Gasteiger partial charge on any atom is -0.488 e. The van der Waals surface area contributed by atoms with Crippen LogP contribution in [-0.4, -0.2) is 4.92 Å². The normalized spacial score (nSPS) is 10.7. The molecule has 0 saturated carbocycles. The molecule has 0 aliphatic heterocycles. The van der Waals surface area contributed by atoms with Crippen molar-refractivity contribution in [2.24, 2.45) is 0 Å². The number of nitrogens with zero attached hydrogens (tertiary/aromatic N) is 1. The van der Waals surface area contributed by atoms with Gasteiger partial charge in [-0.3, -0.25) is 10.1 Å². The summed E-state index contributed by atoms with van der Waals surface area (Å²) in [5.74, 6) is 0.357. The Balaban J connectivity index is 1.60. The number of benzene rings is 4. The van der Waals surface area contributed by atoms with Crippen molar-refractivity contribution in [2.45, 2.75) is 13.2 Å². The fourth-order valence-corrected chi connectivity index (χ4v) is 3.30. The molecule has 4 aromatic rings. The first-order chi connectivity index (χ1) is 14.6. The number of nitrogens with one attached hydrogen (secondary N) is 1. The Kier molecular flexibility index (Phi) is 5.57. The van der Waals surface area contributed by atoms with Crippen LogP contribution in [0, 0.1) is 15.9 Å². The molecular formula is C24H19FN2O3. The second-order valence-electron chi connectivity index (χ2n) is 6.80. The van der Waals surface area contributed by atoms with Gasteiger partial charge in [-0.1, -0.05) is 48.5 Å². The summed E-state index contributed by atoms with van der Waals surface area (Å²) in [6, 6.07) is 24.6. The maximum Gasteiger partial charge on any atom is 0.269 e. The fourth-order valence-electron chi connectivity index (χ4n) is 3.30. The van der Waals surface area contributed by atoms with Gasteiger partial charge in [-0.25, -0.2) is 4.39 Å². The predicted molar refractivity (Wildman–Crippen MR) is 115 cm³/mol. The number of nitro benzene ring substituents is 1. The molecule has 1 N–H and O–H groups in total. The molecule has 4 rings (SSSR count). The zero-order valence-corrected chi connectivity index (χ0v) is 16.0. The Morgan fingerprint density at radius 3 is 2.40 bits per heavy atom. The van der Waals surface area contributed by atoms with Crippen molar-refractivity contribution in [3.05, 3.63) is 112 Å². The molecular weight excluding hydrogens is 383 g/mol. The summed E-state index contributed by atoms with van der Waals surface area (Å²) in [6.45, 7) is 0.571. The zero-order chi connectivity index (χ0) is 20.9. The van der Waals surface area contributed by atoms with Crippen LogP contribution in [0.25, 0.3) is 10.8 Å². The number of ether oxygens (including phenoxy) is 1. The van der Waals surface area contributed by atoms with Crippen LogP contribution in [0.3, 0.4) is 0 Å². The molecule has 0 atom stereocenters. The largest absolute Gasteiger partial charge is 0.488 e. The first-order valence-electron chi connectivity index (χ1n) is 9.47. The van der Waals surface area contributed by atoms with E-state index in [0.29, 0.717) is 17.9 Å². The Hall–Kier alpha value is -3.93. The van der Waals surface area contributed by atoms with Gasteiger partial charge in [0.25, 0.3) is 5.69 Å². The van der Waals surface area contributed by atoms with Gasteiger partial charge >= 0.3 is 0 Å². The van der Waals surface area contributed by atoms with E-state index >= 15 is 0 Å². The van der Waals surface area contributed by atoms with E-state index < -0.39 is 4.92 Å². The van der Waals surface area contributed by atoms with Crippen LogP contribution in [-0.2, 0) is 13.2 Å². The van der Waals surface area contributed by atoms with Gasteiger partial charge in [-0.05, 0) is 35.0 Å². The zero-order valence-electron chi connectivity index (χ0n) is 16.0. The molecule has 4 aromatic carbocycles. The first kappa shape index (κ1) is 19.4. The number of non-ortho nitro benzene ring substituents is 1. The molecule has 30 heavy (non-hydrogen) atoms. The molecule has 0 heterocycles. The molecule has 0 unspecified atom stereocenters. The first-order valence-corrected chi connectivity index (χ1v) is 9.47. The van der Waals surface area contributed by atoms with Gasteiger partial charge in [0.2, 0.25) is 0 Å². The van der Waals surface area contributed by atoms with Crippen LogP contribution in [0.5, 0.6) is 5.75 Å². The Morgan fingerprint density at radius 1 is 0.900 bits per heavy atom. The van der Waals surface area contributed by atoms with E-state index in [0.717, 1.165) is 22.0 Å². The van der Waals surface area contributed by atoms with E-state index in [2.05, 4.69) is 5.32 Å². The number of halogens is 1. The number of fused-ring (bicyclic) bond motifs is 1. The third kappa shape index (κ3) is 4.22. The Morgan fingerprint density at radius 2 is 1.63 bits per heavy atom. The van der Waals surface area contributed by atoms with Gasteiger partial charge in [0.15, 0.2) is 0 Å². The molecule has 0 amide bonds. The standard InChI is InChI=1S/C24H19FN2O3/c25-23-8-4-2-6-18(23)16-30-24-14-9-17-5-1-3-7-21(17)22(24)15-26-19-10-12-20(13-11-19)27(28)29/h1-14,26H,15-16H2. The summed E-state index contributed by atoms with van der Waals surface area (Å²) in [6.07, 6.45) is 0. The van der Waals surface area contributed by atoms with Crippen molar-refractivity contribution in [1.29, 1.82) is 0 Å². The monoisotopic (exact) mass is 402 g/mol. The van der Waals surface area contributed by atoms with E-state index in [9.17, 15) is 14.5 Å². The van der Waals surface area contributed by atoms with Crippen molar-refractivity contribution >= 4 is 22.1 Å². The van der Waals surface area contributed by atoms with E-state index in [-0.39, 0.29) is 18.1 Å². The lowest BCUT2D eigenvalue weighted by molar-refractivity contribution is -0.384. The van der Waals surface area contributed by atoms with Crippen molar-refractivity contribution < 1.29 is 14.1 Å². The minimum atomic E-state index is -0.427. The summed E-state index contributed by atoms with van der Waals surface area (Å²) in [7, 11) is 0. The lowest BCUT2D eigenvalue weighted by atomic mass is 10.0. The summed E-state index contributed by atoms with van der Waals surface area (Å²) in [4.78, 5) is 10.4. The van der Waals surface area contributed by atoms with E-state index in [1.807, 2.05) is 36.4 Å². The Labute approximate surface area is 172 Å². The number of hydrogen-bond donors (Lipinski definition) is 1. The van der Waals surface area contributed by atoms with E-state index in [1.165, 1.54) is 18.2 Å². The molecule has 0 aromatic heterocycles.